The Balaban J connectivity index is 1.19. The molecule has 35 heteroatoms. The van der Waals surface area contributed by atoms with E-state index < -0.39 is 247 Å². The molecule has 6 heterocycles. The maximum Gasteiger partial charge on any atom is 0.217 e. The van der Waals surface area contributed by atoms with E-state index >= 15 is 0 Å². The smallest absolute Gasteiger partial charge is 0.217 e. The van der Waals surface area contributed by atoms with E-state index in [2.05, 4.69) is 21.3 Å². The van der Waals surface area contributed by atoms with Gasteiger partial charge in [0.05, 0.1) is 39.6 Å². The number of hydrogen-bond donors (Lipinski definition) is 20. The van der Waals surface area contributed by atoms with E-state index in [0.29, 0.717) is 0 Å². The van der Waals surface area contributed by atoms with Gasteiger partial charge in [-0.1, -0.05) is 0 Å². The average Bonchev–Trinajstić information content (AvgIpc) is 3.48. The molecule has 4 amide bonds. The number of hydrogen-bond acceptors (Lipinski definition) is 31. The Morgan fingerprint density at radius 1 is 0.329 bits per heavy atom. The summed E-state index contributed by atoms with van der Waals surface area (Å²) in [5, 5.41) is 183. The van der Waals surface area contributed by atoms with Crippen molar-refractivity contribution in [2.45, 2.75) is 212 Å². The lowest BCUT2D eigenvalue weighted by atomic mass is 9.94. The van der Waals surface area contributed by atoms with Gasteiger partial charge in [-0.05, 0) is 0 Å². The first kappa shape index (κ1) is 65.0. The van der Waals surface area contributed by atoms with Gasteiger partial charge in [-0.3, -0.25) is 19.2 Å². The number of carbonyl (C=O) groups excluding carboxylic acids is 4. The van der Waals surface area contributed by atoms with Crippen molar-refractivity contribution in [2.24, 2.45) is 0 Å². The number of aliphatic hydroxyl groups excluding tert-OH is 16. The molecule has 456 valence electrons. The van der Waals surface area contributed by atoms with E-state index in [9.17, 15) is 101 Å². The second-order valence-electron chi connectivity index (χ2n) is 19.7. The summed E-state index contributed by atoms with van der Waals surface area (Å²) in [7, 11) is 0. The number of nitrogens with one attached hydrogen (secondary N) is 4. The minimum Gasteiger partial charge on any atom is -0.394 e. The van der Waals surface area contributed by atoms with E-state index in [0.717, 1.165) is 27.7 Å². The summed E-state index contributed by atoms with van der Waals surface area (Å²) in [4.78, 5) is 49.2. The van der Waals surface area contributed by atoms with Gasteiger partial charge in [0.2, 0.25) is 23.6 Å². The molecule has 0 bridgehead atoms. The van der Waals surface area contributed by atoms with E-state index in [-0.39, 0.29) is 0 Å². The minimum atomic E-state index is -2.16. The highest BCUT2D eigenvalue weighted by molar-refractivity contribution is 5.74. The van der Waals surface area contributed by atoms with Gasteiger partial charge in [-0.25, -0.2) is 0 Å². The normalized spacial score (nSPS) is 46.7. The molecule has 0 aromatic rings. The molecule has 0 aliphatic carbocycles. The van der Waals surface area contributed by atoms with Gasteiger partial charge in [-0.2, -0.15) is 0 Å². The molecule has 6 fully saturated rings. The van der Waals surface area contributed by atoms with Gasteiger partial charge in [0.25, 0.3) is 0 Å². The molecule has 6 rings (SSSR count). The fourth-order valence-electron chi connectivity index (χ4n) is 10.0. The lowest BCUT2D eigenvalue weighted by Gasteiger charge is -2.50. The predicted molar refractivity (Wildman–Crippen MR) is 246 cm³/mol. The van der Waals surface area contributed by atoms with Crippen molar-refractivity contribution in [1.82, 2.24) is 21.3 Å². The van der Waals surface area contributed by atoms with Crippen LogP contribution in [0.2, 0.25) is 0 Å². The predicted octanol–water partition coefficient (Wildman–Crippen LogP) is -13.5. The zero-order chi connectivity index (χ0) is 58.5. The Morgan fingerprint density at radius 3 is 1.04 bits per heavy atom. The summed E-state index contributed by atoms with van der Waals surface area (Å²) in [5.74, 6) is -3.12. The molecule has 0 spiro atoms. The third-order valence-corrected chi connectivity index (χ3v) is 14.0. The van der Waals surface area contributed by atoms with E-state index in [1.54, 1.807) is 0 Å². The molecule has 6 saturated heterocycles. The van der Waals surface area contributed by atoms with Gasteiger partial charge in [-0.15, -0.1) is 0 Å². The van der Waals surface area contributed by atoms with Crippen LogP contribution >= 0.6 is 0 Å². The first-order valence-electron chi connectivity index (χ1n) is 25.1. The average molecular weight is 1160 g/mol. The van der Waals surface area contributed by atoms with Crippen molar-refractivity contribution in [3.05, 3.63) is 0 Å². The molecular formula is C44H74N4O31. The van der Waals surface area contributed by atoms with Crippen LogP contribution in [0.4, 0.5) is 0 Å². The quantitative estimate of drug-likeness (QED) is 0.0538. The Kier molecular flexibility index (Phi) is 23.3. The Hall–Kier alpha value is -3.20. The minimum absolute atomic E-state index is 0.742. The van der Waals surface area contributed by atoms with Gasteiger partial charge in [0.15, 0.2) is 37.7 Å². The van der Waals surface area contributed by atoms with Crippen LogP contribution in [-0.2, 0) is 71.3 Å². The number of rotatable bonds is 20. The first-order valence-corrected chi connectivity index (χ1v) is 25.1. The lowest BCUT2D eigenvalue weighted by molar-refractivity contribution is -0.372. The van der Waals surface area contributed by atoms with Crippen molar-refractivity contribution in [2.75, 3.05) is 39.6 Å². The monoisotopic (exact) mass is 1150 g/mol. The van der Waals surface area contributed by atoms with E-state index in [1.807, 2.05) is 0 Å². The molecule has 35 nitrogen and oxygen atoms in total. The highest BCUT2D eigenvalue weighted by atomic mass is 16.8. The zero-order valence-electron chi connectivity index (χ0n) is 42.8. The Morgan fingerprint density at radius 2 is 0.646 bits per heavy atom. The van der Waals surface area contributed by atoms with Crippen LogP contribution in [0.3, 0.4) is 0 Å². The molecule has 0 radical (unpaired) electrons. The first-order chi connectivity index (χ1) is 37.3. The lowest BCUT2D eigenvalue weighted by Crippen LogP contribution is -2.70. The molecule has 30 atom stereocenters. The highest BCUT2D eigenvalue weighted by Crippen LogP contribution is 2.36. The van der Waals surface area contributed by atoms with Crippen LogP contribution in [0.25, 0.3) is 0 Å². The highest BCUT2D eigenvalue weighted by Gasteiger charge is 2.57. The maximum atomic E-state index is 12.6. The Labute approximate surface area is 448 Å². The van der Waals surface area contributed by atoms with Gasteiger partial charge < -0.3 is 155 Å². The molecular weight excluding hydrogens is 1080 g/mol. The number of amides is 4. The van der Waals surface area contributed by atoms with Gasteiger partial charge >= 0.3 is 0 Å². The standard InChI is InChI=1S/C44H74N4O31/c1-11(54)45-21-30(63)25(58)15(5-49)71-41(21)78-37-27(60)17(7-51)73-43(33(37)66)76-35-19(9-53)75-40(23(32(35)65)47-13(3)56)69-10-20-29(62)36(24(39(68)70-20)48-14(4)57)77-44-34(67)38(28(61)18(8-52)74-44)79-42-22(46-12(2)55)31(64)26(59)16(6-50)72-42/h15-44,49-53,58-68H,5-10H2,1-4H3,(H,45,54)(H,46,55)(H,47,56)(H,48,57)/t15-,16-,17-,18-,19-,20-,21-,22-,23-,24-,25-,26-,27+,28+,29+,30-,31-,32-,33-,34-,35-,36-,37+,38+,39-,40-,41+,42+,43+,44+/m1/s1. The molecule has 79 heavy (non-hydrogen) atoms. The van der Waals surface area contributed by atoms with Crippen molar-refractivity contribution >= 4 is 23.6 Å². The fraction of sp³-hybridized carbons (Fsp3) is 0.909. The van der Waals surface area contributed by atoms with Crippen molar-refractivity contribution in [3.63, 3.8) is 0 Å². The molecule has 6 aliphatic rings. The third-order valence-electron chi connectivity index (χ3n) is 14.0. The molecule has 0 aromatic carbocycles. The summed E-state index contributed by atoms with van der Waals surface area (Å²) in [6.45, 7) is -1.42. The van der Waals surface area contributed by atoms with Crippen LogP contribution in [0, 0.1) is 0 Å². The van der Waals surface area contributed by atoms with Crippen LogP contribution < -0.4 is 21.3 Å². The van der Waals surface area contributed by atoms with Crippen LogP contribution in [0.1, 0.15) is 27.7 Å². The van der Waals surface area contributed by atoms with Crippen LogP contribution in [-0.4, -0.2) is 329 Å². The topological polar surface area (TPSA) is 542 Å². The summed E-state index contributed by atoms with van der Waals surface area (Å²) in [6, 6.07) is -6.55. The van der Waals surface area contributed by atoms with E-state index in [4.69, 9.17) is 52.1 Å². The fourth-order valence-corrected chi connectivity index (χ4v) is 10.0. The van der Waals surface area contributed by atoms with Crippen molar-refractivity contribution in [3.8, 4) is 0 Å². The van der Waals surface area contributed by atoms with Crippen molar-refractivity contribution in [1.29, 1.82) is 0 Å². The number of aliphatic hydroxyl groups is 16. The van der Waals surface area contributed by atoms with Gasteiger partial charge in [0, 0.05) is 27.7 Å². The van der Waals surface area contributed by atoms with Crippen LogP contribution in [0.15, 0.2) is 0 Å². The second-order valence-corrected chi connectivity index (χ2v) is 19.7. The third kappa shape index (κ3) is 14.8. The number of ether oxygens (including phenoxy) is 11. The molecule has 0 unspecified atom stereocenters. The maximum absolute atomic E-state index is 12.6. The van der Waals surface area contributed by atoms with E-state index in [1.165, 1.54) is 0 Å². The second kappa shape index (κ2) is 28.4. The zero-order valence-corrected chi connectivity index (χ0v) is 42.8. The van der Waals surface area contributed by atoms with Crippen LogP contribution in [0.5, 0.6) is 0 Å². The molecule has 20 N–H and O–H groups in total. The number of carbonyl (C=O) groups is 4. The Bertz CT molecular complexity index is 1990. The van der Waals surface area contributed by atoms with Crippen molar-refractivity contribution < 1.29 is 153 Å². The summed E-state index contributed by atoms with van der Waals surface area (Å²) >= 11 is 0. The molecule has 0 aromatic heterocycles. The van der Waals surface area contributed by atoms with Gasteiger partial charge in [0.1, 0.15) is 146 Å². The summed E-state index contributed by atoms with van der Waals surface area (Å²) in [5.41, 5.74) is 0. The summed E-state index contributed by atoms with van der Waals surface area (Å²) < 4.78 is 63.4. The molecule has 6 aliphatic heterocycles. The summed E-state index contributed by atoms with van der Waals surface area (Å²) in [6.07, 6.45) is -48.3. The molecule has 0 saturated carbocycles. The largest absolute Gasteiger partial charge is 0.394 e. The SMILES string of the molecule is CC(=O)N[C@@H]1[C@@H](O[C@@H]2O[C@H](CO)[C@H](O)[C@H](O[C@@H]3O[C@H](CO)[C@@H](O)[C@H](O)[C@H]3NC(C)=O)[C@H]2O)[C@@H](O)[C@@H](CO[C@@H]2O[C@H](CO)[C@@H](O[C@@H]3O[C@H](CO)[C@H](O)[C@H](O[C@@H]4O[C@H](CO)[C@@H](O)[C@H](O)[C@H]4NC(C)=O)[C@H]3O)[C@H](O)[C@H]2NC(C)=O)O[C@H]1O.